The van der Waals surface area contributed by atoms with Gasteiger partial charge in [-0.15, -0.1) is 0 Å². The fraction of sp³-hybridized carbons (Fsp3) is 0.333. The Morgan fingerprint density at radius 3 is 1.00 bits per heavy atom. The summed E-state index contributed by atoms with van der Waals surface area (Å²) in [5.41, 5.74) is 4.56. The Bertz CT molecular complexity index is 1230. The SMILES string of the molecule is CC(CCON(Cc1ccccc1)Cc1ccccc1)S(=O)(=O)C(C)CCON(Cc1ccccc1)Cc1ccccc1. The first-order chi connectivity index (χ1) is 20.9. The van der Waals surface area contributed by atoms with E-state index in [2.05, 4.69) is 48.5 Å². The molecule has 7 heteroatoms. The van der Waals surface area contributed by atoms with Crippen LogP contribution in [0.15, 0.2) is 121 Å². The fourth-order valence-corrected chi connectivity index (χ4v) is 6.51. The predicted octanol–water partition coefficient (Wildman–Crippen LogP) is 7.23. The molecule has 0 saturated carbocycles. The molecule has 0 aliphatic heterocycles. The van der Waals surface area contributed by atoms with E-state index in [1.165, 1.54) is 0 Å². The summed E-state index contributed by atoms with van der Waals surface area (Å²) < 4.78 is 26.8. The van der Waals surface area contributed by atoms with Gasteiger partial charge in [-0.05, 0) is 48.9 Å². The molecule has 6 nitrogen and oxygen atoms in total. The van der Waals surface area contributed by atoms with Gasteiger partial charge in [-0.2, -0.15) is 10.1 Å². The molecule has 0 fully saturated rings. The first kappa shape index (κ1) is 32.6. The Morgan fingerprint density at radius 1 is 0.488 bits per heavy atom. The standard InChI is InChI=1S/C36H44N2O4S/c1-31(23-25-41-37(27-33-15-7-3-8-16-33)28-34-17-9-4-10-18-34)43(39,40)32(2)24-26-42-38(29-35-19-11-5-12-20-35)30-36-21-13-6-14-22-36/h3-22,31-32H,23-30H2,1-2H3. The largest absolute Gasteiger partial charge is 0.298 e. The topological polar surface area (TPSA) is 59.1 Å². The lowest BCUT2D eigenvalue weighted by Gasteiger charge is -2.25. The summed E-state index contributed by atoms with van der Waals surface area (Å²) in [4.78, 5) is 12.3. The molecular weight excluding hydrogens is 556 g/mol. The summed E-state index contributed by atoms with van der Waals surface area (Å²) in [6.07, 6.45) is 0.837. The molecule has 0 bridgehead atoms. The van der Waals surface area contributed by atoms with Crippen molar-refractivity contribution in [2.24, 2.45) is 0 Å². The van der Waals surface area contributed by atoms with E-state index < -0.39 is 20.3 Å². The first-order valence-electron chi connectivity index (χ1n) is 15.0. The molecule has 0 radical (unpaired) electrons. The molecule has 228 valence electrons. The smallest absolute Gasteiger partial charge is 0.155 e. The van der Waals surface area contributed by atoms with Crippen LogP contribution in [0.5, 0.6) is 0 Å². The van der Waals surface area contributed by atoms with Crippen molar-refractivity contribution in [1.29, 1.82) is 0 Å². The van der Waals surface area contributed by atoms with Crippen LogP contribution < -0.4 is 0 Å². The van der Waals surface area contributed by atoms with Gasteiger partial charge in [0.15, 0.2) is 9.84 Å². The van der Waals surface area contributed by atoms with Crippen molar-refractivity contribution in [1.82, 2.24) is 10.1 Å². The van der Waals surface area contributed by atoms with Gasteiger partial charge < -0.3 is 0 Å². The van der Waals surface area contributed by atoms with Crippen LogP contribution >= 0.6 is 0 Å². The third-order valence-electron chi connectivity index (χ3n) is 7.53. The van der Waals surface area contributed by atoms with Crippen molar-refractivity contribution >= 4 is 9.84 Å². The monoisotopic (exact) mass is 600 g/mol. The molecule has 0 amide bonds. The Hall–Kier alpha value is -3.33. The van der Waals surface area contributed by atoms with Crippen LogP contribution in [-0.4, -0.2) is 42.3 Å². The van der Waals surface area contributed by atoms with Gasteiger partial charge in [0, 0.05) is 26.2 Å². The van der Waals surface area contributed by atoms with Gasteiger partial charge in [0.1, 0.15) is 0 Å². The van der Waals surface area contributed by atoms with E-state index >= 15 is 0 Å². The first-order valence-corrected chi connectivity index (χ1v) is 16.6. The molecule has 0 N–H and O–H groups in total. The molecule has 4 rings (SSSR count). The van der Waals surface area contributed by atoms with Crippen molar-refractivity contribution in [2.45, 2.75) is 63.4 Å². The molecule has 2 atom stereocenters. The van der Waals surface area contributed by atoms with Gasteiger partial charge in [0.25, 0.3) is 0 Å². The molecule has 43 heavy (non-hydrogen) atoms. The summed E-state index contributed by atoms with van der Waals surface area (Å²) >= 11 is 0. The summed E-state index contributed by atoms with van der Waals surface area (Å²) in [6, 6.07) is 40.6. The Balaban J connectivity index is 1.28. The molecule has 0 aliphatic carbocycles. The number of hydrogen-bond donors (Lipinski definition) is 0. The molecule has 4 aromatic carbocycles. The molecule has 4 aromatic rings. The number of rotatable bonds is 18. The number of sulfone groups is 1. The van der Waals surface area contributed by atoms with Gasteiger partial charge in [-0.1, -0.05) is 121 Å². The summed E-state index contributed by atoms with van der Waals surface area (Å²) in [5.74, 6) is 0. The van der Waals surface area contributed by atoms with Crippen molar-refractivity contribution in [3.05, 3.63) is 144 Å². The highest BCUT2D eigenvalue weighted by molar-refractivity contribution is 7.92. The maximum absolute atomic E-state index is 13.4. The Kier molecular flexibility index (Phi) is 12.9. The van der Waals surface area contributed by atoms with Crippen LogP contribution in [0, 0.1) is 0 Å². The highest BCUT2D eigenvalue weighted by Gasteiger charge is 2.28. The fourth-order valence-electron chi connectivity index (χ4n) is 4.86. The average Bonchev–Trinajstić information content (AvgIpc) is 3.03. The van der Waals surface area contributed by atoms with Crippen LogP contribution in [0.3, 0.4) is 0 Å². The molecule has 0 aromatic heterocycles. The van der Waals surface area contributed by atoms with Gasteiger partial charge in [0.05, 0.1) is 23.7 Å². The van der Waals surface area contributed by atoms with Crippen molar-refractivity contribution in [3.8, 4) is 0 Å². The van der Waals surface area contributed by atoms with Gasteiger partial charge in [-0.25, -0.2) is 8.42 Å². The van der Waals surface area contributed by atoms with Crippen LogP contribution in [0.25, 0.3) is 0 Å². The van der Waals surface area contributed by atoms with Crippen molar-refractivity contribution < 1.29 is 18.1 Å². The van der Waals surface area contributed by atoms with Crippen molar-refractivity contribution in [3.63, 3.8) is 0 Å². The van der Waals surface area contributed by atoms with Gasteiger partial charge in [0.2, 0.25) is 0 Å². The van der Waals surface area contributed by atoms with Crippen LogP contribution in [0.1, 0.15) is 48.9 Å². The van der Waals surface area contributed by atoms with Gasteiger partial charge >= 0.3 is 0 Å². The van der Waals surface area contributed by atoms with E-state index in [1.807, 2.05) is 82.9 Å². The van der Waals surface area contributed by atoms with Crippen LogP contribution in [0.4, 0.5) is 0 Å². The molecule has 0 aliphatic rings. The second kappa shape index (κ2) is 17.1. The molecular formula is C36H44N2O4S. The van der Waals surface area contributed by atoms with Crippen molar-refractivity contribution in [2.75, 3.05) is 13.2 Å². The molecule has 0 spiro atoms. The summed E-state index contributed by atoms with van der Waals surface area (Å²) in [6.45, 7) is 6.69. The third kappa shape index (κ3) is 11.0. The molecule has 0 saturated heterocycles. The number of benzene rings is 4. The minimum Gasteiger partial charge on any atom is -0.298 e. The lowest BCUT2D eigenvalue weighted by atomic mass is 10.2. The minimum absolute atomic E-state index is 0.325. The second-order valence-corrected chi connectivity index (χ2v) is 13.8. The maximum atomic E-state index is 13.4. The lowest BCUT2D eigenvalue weighted by Crippen LogP contribution is -2.32. The second-order valence-electron chi connectivity index (χ2n) is 11.0. The van der Waals surface area contributed by atoms with E-state index in [9.17, 15) is 8.42 Å². The zero-order chi connectivity index (χ0) is 30.3. The number of hydrogen-bond acceptors (Lipinski definition) is 6. The zero-order valence-electron chi connectivity index (χ0n) is 25.3. The Labute approximate surface area is 257 Å². The summed E-state index contributed by atoms with van der Waals surface area (Å²) in [5, 5.41) is 2.77. The third-order valence-corrected chi connectivity index (χ3v) is 10.2. The van der Waals surface area contributed by atoms with E-state index in [1.54, 1.807) is 13.8 Å². The average molecular weight is 601 g/mol. The van der Waals surface area contributed by atoms with E-state index in [4.69, 9.17) is 9.68 Å². The molecule has 0 heterocycles. The predicted molar refractivity (Wildman–Crippen MR) is 173 cm³/mol. The number of hydroxylamine groups is 4. The highest BCUT2D eigenvalue weighted by atomic mass is 32.2. The Morgan fingerprint density at radius 2 is 0.744 bits per heavy atom. The maximum Gasteiger partial charge on any atom is 0.155 e. The lowest BCUT2D eigenvalue weighted by molar-refractivity contribution is -0.174. The molecule has 2 unspecified atom stereocenters. The van der Waals surface area contributed by atoms with E-state index in [0.717, 1.165) is 22.3 Å². The van der Waals surface area contributed by atoms with E-state index in [0.29, 0.717) is 52.2 Å². The summed E-state index contributed by atoms with van der Waals surface area (Å²) in [7, 11) is -3.37. The van der Waals surface area contributed by atoms with Crippen LogP contribution in [-0.2, 0) is 45.7 Å². The minimum atomic E-state index is -3.37. The van der Waals surface area contributed by atoms with E-state index in [-0.39, 0.29) is 0 Å². The number of nitrogens with zero attached hydrogens (tertiary/aromatic N) is 2. The quantitative estimate of drug-likeness (QED) is 0.112. The zero-order valence-corrected chi connectivity index (χ0v) is 26.1. The normalized spacial score (nSPS) is 13.3. The van der Waals surface area contributed by atoms with Gasteiger partial charge in [-0.3, -0.25) is 9.68 Å². The highest BCUT2D eigenvalue weighted by Crippen LogP contribution is 2.18. The van der Waals surface area contributed by atoms with Crippen LogP contribution in [0.2, 0.25) is 0 Å².